The van der Waals surface area contributed by atoms with Crippen molar-refractivity contribution < 1.29 is 14.8 Å². The monoisotopic (exact) mass is 327 g/mol. The highest BCUT2D eigenvalue weighted by atomic mass is 16.5. The molecule has 4 heteroatoms. The van der Waals surface area contributed by atoms with Gasteiger partial charge in [0.1, 0.15) is 5.75 Å². The third kappa shape index (κ3) is 4.83. The van der Waals surface area contributed by atoms with E-state index in [9.17, 15) is 4.79 Å². The van der Waals surface area contributed by atoms with Crippen LogP contribution in [-0.4, -0.2) is 19.1 Å². The summed E-state index contributed by atoms with van der Waals surface area (Å²) >= 11 is 0. The molecule has 0 aromatic heterocycles. The molecule has 3 N–H and O–H groups in total. The average Bonchev–Trinajstić information content (AvgIpc) is 2.63. The SMILES string of the molecule is CCC(CC)[NH2+][C@H](C(=O)Nc1cccc(OC)c1)c1ccccc1. The Labute approximate surface area is 144 Å². The molecule has 2 rings (SSSR count). The van der Waals surface area contributed by atoms with Crippen molar-refractivity contribution in [3.05, 3.63) is 60.2 Å². The van der Waals surface area contributed by atoms with E-state index in [1.807, 2.05) is 54.6 Å². The highest BCUT2D eigenvalue weighted by Crippen LogP contribution is 2.18. The van der Waals surface area contributed by atoms with Gasteiger partial charge in [-0.3, -0.25) is 4.79 Å². The zero-order valence-electron chi connectivity index (χ0n) is 14.7. The van der Waals surface area contributed by atoms with Crippen LogP contribution in [0.15, 0.2) is 54.6 Å². The predicted molar refractivity (Wildman–Crippen MR) is 97.1 cm³/mol. The van der Waals surface area contributed by atoms with Crippen molar-refractivity contribution in [3.63, 3.8) is 0 Å². The second-order valence-electron chi connectivity index (χ2n) is 5.88. The number of hydrogen-bond donors (Lipinski definition) is 2. The number of amides is 1. The number of carbonyl (C=O) groups excluding carboxylic acids is 1. The van der Waals surface area contributed by atoms with E-state index in [0.717, 1.165) is 29.8 Å². The summed E-state index contributed by atoms with van der Waals surface area (Å²) in [5.41, 5.74) is 1.77. The molecule has 0 heterocycles. The van der Waals surface area contributed by atoms with Gasteiger partial charge in [0, 0.05) is 17.3 Å². The van der Waals surface area contributed by atoms with Gasteiger partial charge < -0.3 is 15.4 Å². The summed E-state index contributed by atoms with van der Waals surface area (Å²) in [7, 11) is 1.62. The standard InChI is InChI=1S/C20H26N2O2/c1-4-16(5-2)21-19(15-10-7-6-8-11-15)20(23)22-17-12-9-13-18(14-17)24-3/h6-14,16,19,21H,4-5H2,1-3H3,(H,22,23)/p+1/t19-/m0/s1. The first kappa shape index (κ1) is 18.0. The molecule has 0 aliphatic heterocycles. The van der Waals surface area contributed by atoms with Gasteiger partial charge in [-0.1, -0.05) is 50.2 Å². The second kappa shape index (κ2) is 9.08. The summed E-state index contributed by atoms with van der Waals surface area (Å²) in [6, 6.07) is 17.5. The molecule has 0 radical (unpaired) electrons. The molecular weight excluding hydrogens is 300 g/mol. The van der Waals surface area contributed by atoms with Crippen molar-refractivity contribution in [2.24, 2.45) is 0 Å². The Hall–Kier alpha value is -2.33. The number of anilines is 1. The smallest absolute Gasteiger partial charge is 0.287 e. The molecule has 0 aliphatic carbocycles. The van der Waals surface area contributed by atoms with Gasteiger partial charge in [-0.2, -0.15) is 0 Å². The fourth-order valence-corrected chi connectivity index (χ4v) is 2.76. The number of rotatable bonds is 8. The van der Waals surface area contributed by atoms with Gasteiger partial charge in [0.05, 0.1) is 13.2 Å². The molecule has 0 bridgehead atoms. The van der Waals surface area contributed by atoms with Crippen molar-refractivity contribution in [1.29, 1.82) is 0 Å². The maximum Gasteiger partial charge on any atom is 0.287 e. The zero-order valence-corrected chi connectivity index (χ0v) is 14.7. The second-order valence-corrected chi connectivity index (χ2v) is 5.88. The quantitative estimate of drug-likeness (QED) is 0.783. The minimum absolute atomic E-state index is 0.0126. The molecule has 0 spiro atoms. The van der Waals surface area contributed by atoms with Crippen molar-refractivity contribution in [1.82, 2.24) is 0 Å². The van der Waals surface area contributed by atoms with Crippen LogP contribution in [0.2, 0.25) is 0 Å². The molecule has 4 nitrogen and oxygen atoms in total. The molecular formula is C20H27N2O2+. The maximum atomic E-state index is 12.9. The molecule has 0 saturated carbocycles. The zero-order chi connectivity index (χ0) is 17.4. The number of nitrogens with one attached hydrogen (secondary N) is 1. The lowest BCUT2D eigenvalue weighted by atomic mass is 10.0. The molecule has 2 aromatic rings. The Bertz CT molecular complexity index is 639. The van der Waals surface area contributed by atoms with Crippen LogP contribution in [0.5, 0.6) is 5.75 Å². The molecule has 0 fully saturated rings. The number of nitrogens with two attached hydrogens (primary N) is 1. The third-order valence-corrected chi connectivity index (χ3v) is 4.29. The van der Waals surface area contributed by atoms with Crippen molar-refractivity contribution in [2.45, 2.75) is 38.8 Å². The number of carbonyl (C=O) groups is 1. The van der Waals surface area contributed by atoms with Gasteiger partial charge in [0.25, 0.3) is 5.91 Å². The number of ether oxygens (including phenoxy) is 1. The molecule has 2 aromatic carbocycles. The van der Waals surface area contributed by atoms with Crippen LogP contribution in [0.25, 0.3) is 0 Å². The number of hydrogen-bond acceptors (Lipinski definition) is 2. The van der Waals surface area contributed by atoms with Crippen LogP contribution in [0.1, 0.15) is 38.3 Å². The fraction of sp³-hybridized carbons (Fsp3) is 0.350. The van der Waals surface area contributed by atoms with E-state index < -0.39 is 0 Å². The highest BCUT2D eigenvalue weighted by Gasteiger charge is 2.26. The molecule has 0 aliphatic rings. The predicted octanol–water partition coefficient (Wildman–Crippen LogP) is 3.13. The molecule has 1 amide bonds. The van der Waals surface area contributed by atoms with E-state index in [0.29, 0.717) is 6.04 Å². The number of quaternary nitrogens is 1. The van der Waals surface area contributed by atoms with Gasteiger partial charge in [0.2, 0.25) is 0 Å². The molecule has 0 saturated heterocycles. The van der Waals surface area contributed by atoms with E-state index in [1.165, 1.54) is 0 Å². The van der Waals surface area contributed by atoms with Crippen molar-refractivity contribution in [3.8, 4) is 5.75 Å². The summed E-state index contributed by atoms with van der Waals surface area (Å²) in [6.07, 6.45) is 2.07. The first-order chi connectivity index (χ1) is 11.7. The Morgan fingerprint density at radius 3 is 2.42 bits per heavy atom. The number of methoxy groups -OCH3 is 1. The fourth-order valence-electron chi connectivity index (χ4n) is 2.76. The summed E-state index contributed by atoms with van der Waals surface area (Å²) in [6.45, 7) is 4.32. The van der Waals surface area contributed by atoms with Crippen LogP contribution >= 0.6 is 0 Å². The topological polar surface area (TPSA) is 54.9 Å². The van der Waals surface area contributed by atoms with Gasteiger partial charge in [0.15, 0.2) is 6.04 Å². The molecule has 24 heavy (non-hydrogen) atoms. The van der Waals surface area contributed by atoms with E-state index >= 15 is 0 Å². The summed E-state index contributed by atoms with van der Waals surface area (Å²) in [5.74, 6) is 0.717. The summed E-state index contributed by atoms with van der Waals surface area (Å²) in [5, 5.41) is 5.19. The lowest BCUT2D eigenvalue weighted by molar-refractivity contribution is -0.715. The van der Waals surface area contributed by atoms with E-state index in [1.54, 1.807) is 7.11 Å². The van der Waals surface area contributed by atoms with Crippen LogP contribution in [0.3, 0.4) is 0 Å². The Morgan fingerprint density at radius 1 is 1.08 bits per heavy atom. The average molecular weight is 327 g/mol. The van der Waals surface area contributed by atoms with E-state index in [4.69, 9.17) is 4.74 Å². The first-order valence-electron chi connectivity index (χ1n) is 8.52. The van der Waals surface area contributed by atoms with Crippen LogP contribution < -0.4 is 15.4 Å². The minimum Gasteiger partial charge on any atom is -0.497 e. The molecule has 128 valence electrons. The van der Waals surface area contributed by atoms with Crippen molar-refractivity contribution in [2.75, 3.05) is 12.4 Å². The largest absolute Gasteiger partial charge is 0.497 e. The minimum atomic E-state index is -0.262. The Kier molecular flexibility index (Phi) is 6.82. The first-order valence-corrected chi connectivity index (χ1v) is 8.52. The van der Waals surface area contributed by atoms with Crippen LogP contribution in [0.4, 0.5) is 5.69 Å². The lowest BCUT2D eigenvalue weighted by Gasteiger charge is -2.21. The summed E-state index contributed by atoms with van der Waals surface area (Å²) in [4.78, 5) is 12.9. The van der Waals surface area contributed by atoms with Crippen molar-refractivity contribution >= 4 is 11.6 Å². The van der Waals surface area contributed by atoms with Crippen LogP contribution in [-0.2, 0) is 4.79 Å². The highest BCUT2D eigenvalue weighted by molar-refractivity contribution is 5.94. The molecule has 0 unspecified atom stereocenters. The van der Waals surface area contributed by atoms with Gasteiger partial charge in [-0.15, -0.1) is 0 Å². The van der Waals surface area contributed by atoms with E-state index in [2.05, 4.69) is 24.5 Å². The lowest BCUT2D eigenvalue weighted by Crippen LogP contribution is -2.92. The van der Waals surface area contributed by atoms with E-state index in [-0.39, 0.29) is 11.9 Å². The Morgan fingerprint density at radius 2 is 1.79 bits per heavy atom. The Balaban J connectivity index is 2.20. The third-order valence-electron chi connectivity index (χ3n) is 4.29. The van der Waals surface area contributed by atoms with Gasteiger partial charge in [-0.05, 0) is 25.0 Å². The van der Waals surface area contributed by atoms with Crippen LogP contribution in [0, 0.1) is 0 Å². The van der Waals surface area contributed by atoms with Gasteiger partial charge >= 0.3 is 0 Å². The summed E-state index contributed by atoms with van der Waals surface area (Å²) < 4.78 is 5.22. The molecule has 1 atom stereocenters. The number of benzene rings is 2. The normalized spacial score (nSPS) is 12.0. The van der Waals surface area contributed by atoms with Gasteiger partial charge in [-0.25, -0.2) is 0 Å². The maximum absolute atomic E-state index is 12.9.